The van der Waals surface area contributed by atoms with Gasteiger partial charge in [-0.3, -0.25) is 4.79 Å². The molecule has 1 aromatic rings. The molecule has 0 spiro atoms. The minimum absolute atomic E-state index is 0.123. The fourth-order valence-electron chi connectivity index (χ4n) is 1.19. The third kappa shape index (κ3) is 2.93. The van der Waals surface area contributed by atoms with Crippen LogP contribution < -0.4 is 5.32 Å². The Morgan fingerprint density at radius 2 is 2.27 bits per heavy atom. The van der Waals surface area contributed by atoms with Crippen LogP contribution in [0.1, 0.15) is 22.8 Å². The highest BCUT2D eigenvalue weighted by atomic mass is 35.5. The Bertz CT molecular complexity index is 368. The molecular formula is C11H13ClFNO. The van der Waals surface area contributed by atoms with Crippen LogP contribution in [-0.2, 0) is 0 Å². The number of benzene rings is 1. The van der Waals surface area contributed by atoms with Gasteiger partial charge in [0.25, 0.3) is 5.91 Å². The fourth-order valence-corrected chi connectivity index (χ4v) is 1.27. The molecule has 1 N–H and O–H groups in total. The Morgan fingerprint density at radius 3 is 2.87 bits per heavy atom. The van der Waals surface area contributed by atoms with Gasteiger partial charge in [0.2, 0.25) is 0 Å². The van der Waals surface area contributed by atoms with Gasteiger partial charge in [0.05, 0.1) is 0 Å². The zero-order valence-corrected chi connectivity index (χ0v) is 9.44. The molecule has 4 heteroatoms. The lowest BCUT2D eigenvalue weighted by Gasteiger charge is -2.12. The number of rotatable bonds is 3. The zero-order chi connectivity index (χ0) is 11.4. The van der Waals surface area contributed by atoms with Gasteiger partial charge >= 0.3 is 0 Å². The molecule has 0 saturated carbocycles. The molecule has 1 amide bonds. The summed E-state index contributed by atoms with van der Waals surface area (Å²) in [5, 5.41) is 2.68. The smallest absolute Gasteiger partial charge is 0.251 e. The van der Waals surface area contributed by atoms with Gasteiger partial charge in [-0.15, -0.1) is 11.6 Å². The van der Waals surface area contributed by atoms with Crippen molar-refractivity contribution in [2.45, 2.75) is 19.9 Å². The topological polar surface area (TPSA) is 29.1 Å². The summed E-state index contributed by atoms with van der Waals surface area (Å²) in [5.41, 5.74) is 0.712. The van der Waals surface area contributed by atoms with Crippen molar-refractivity contribution >= 4 is 17.5 Å². The Morgan fingerprint density at radius 1 is 1.60 bits per heavy atom. The van der Waals surface area contributed by atoms with Crippen LogP contribution in [0.15, 0.2) is 18.2 Å². The summed E-state index contributed by atoms with van der Waals surface area (Å²) in [5.74, 6) is -0.332. The number of nitrogens with one attached hydrogen (secondary N) is 1. The molecule has 0 aliphatic carbocycles. The van der Waals surface area contributed by atoms with Gasteiger partial charge in [0.15, 0.2) is 0 Å². The quantitative estimate of drug-likeness (QED) is 0.793. The number of alkyl halides is 1. The summed E-state index contributed by atoms with van der Waals surface area (Å²) in [6, 6.07) is 4.32. The Labute approximate surface area is 93.4 Å². The van der Waals surface area contributed by atoms with E-state index in [0.29, 0.717) is 17.0 Å². The number of carbonyl (C=O) groups is 1. The zero-order valence-electron chi connectivity index (χ0n) is 8.68. The van der Waals surface area contributed by atoms with E-state index in [1.54, 1.807) is 19.9 Å². The Hall–Kier alpha value is -1.09. The van der Waals surface area contributed by atoms with Gasteiger partial charge in [-0.25, -0.2) is 4.39 Å². The molecule has 1 atom stereocenters. The molecule has 0 saturated heterocycles. The van der Waals surface area contributed by atoms with Gasteiger partial charge < -0.3 is 5.32 Å². The van der Waals surface area contributed by atoms with Crippen LogP contribution in [0.5, 0.6) is 0 Å². The first-order valence-corrected chi connectivity index (χ1v) is 5.21. The summed E-state index contributed by atoms with van der Waals surface area (Å²) in [4.78, 5) is 11.7. The van der Waals surface area contributed by atoms with Crippen molar-refractivity contribution in [3.8, 4) is 0 Å². The van der Waals surface area contributed by atoms with Crippen molar-refractivity contribution < 1.29 is 9.18 Å². The molecule has 2 nitrogen and oxygen atoms in total. The maximum atomic E-state index is 13.2. The summed E-state index contributed by atoms with van der Waals surface area (Å²) in [6.07, 6.45) is 0. The van der Waals surface area contributed by atoms with Crippen LogP contribution >= 0.6 is 11.6 Å². The lowest BCUT2D eigenvalue weighted by molar-refractivity contribution is 0.0942. The molecule has 0 aliphatic rings. The fraction of sp³-hybridized carbons (Fsp3) is 0.364. The number of hydrogen-bond donors (Lipinski definition) is 1. The molecule has 0 heterocycles. The van der Waals surface area contributed by atoms with Gasteiger partial charge in [-0.1, -0.05) is 6.07 Å². The predicted octanol–water partition coefficient (Wildman–Crippen LogP) is 2.49. The second-order valence-corrected chi connectivity index (χ2v) is 3.75. The van der Waals surface area contributed by atoms with Crippen molar-refractivity contribution in [3.05, 3.63) is 35.1 Å². The monoisotopic (exact) mass is 229 g/mol. The molecule has 0 aliphatic heterocycles. The molecule has 82 valence electrons. The second-order valence-electron chi connectivity index (χ2n) is 3.44. The highest BCUT2D eigenvalue weighted by molar-refractivity contribution is 6.18. The van der Waals surface area contributed by atoms with Crippen molar-refractivity contribution in [1.29, 1.82) is 0 Å². The number of amides is 1. The molecule has 0 fully saturated rings. The standard InChI is InChI=1S/C11H13ClFNO/c1-7(6-12)14-11(15)9-4-3-5-10(13)8(9)2/h3-5,7H,6H2,1-2H3,(H,14,15). The first-order valence-electron chi connectivity index (χ1n) is 4.68. The van der Waals surface area contributed by atoms with Gasteiger partial charge in [-0.2, -0.15) is 0 Å². The first kappa shape index (κ1) is 12.0. The molecule has 0 aromatic heterocycles. The predicted molar refractivity (Wildman–Crippen MR) is 58.8 cm³/mol. The molecule has 0 bridgehead atoms. The van der Waals surface area contributed by atoms with Crippen LogP contribution in [0.2, 0.25) is 0 Å². The minimum atomic E-state index is -0.374. The normalized spacial score (nSPS) is 12.3. The molecular weight excluding hydrogens is 217 g/mol. The Kier molecular flexibility index (Phi) is 4.09. The SMILES string of the molecule is Cc1c(F)cccc1C(=O)NC(C)CCl. The average Bonchev–Trinajstić information content (AvgIpc) is 2.21. The molecule has 0 radical (unpaired) electrons. The average molecular weight is 230 g/mol. The third-order valence-electron chi connectivity index (χ3n) is 2.12. The van der Waals surface area contributed by atoms with E-state index in [-0.39, 0.29) is 17.8 Å². The van der Waals surface area contributed by atoms with Crippen LogP contribution in [0.25, 0.3) is 0 Å². The molecule has 1 unspecified atom stereocenters. The lowest BCUT2D eigenvalue weighted by atomic mass is 10.1. The Balaban J connectivity index is 2.87. The maximum Gasteiger partial charge on any atom is 0.251 e. The largest absolute Gasteiger partial charge is 0.348 e. The summed E-state index contributed by atoms with van der Waals surface area (Å²) >= 11 is 5.57. The second kappa shape index (κ2) is 5.12. The van der Waals surface area contributed by atoms with Gasteiger partial charge in [0.1, 0.15) is 5.82 Å². The summed E-state index contributed by atoms with van der Waals surface area (Å²) in [7, 11) is 0. The van der Waals surface area contributed by atoms with E-state index in [9.17, 15) is 9.18 Å². The van der Waals surface area contributed by atoms with Crippen molar-refractivity contribution in [2.75, 3.05) is 5.88 Å². The van der Waals surface area contributed by atoms with Crippen molar-refractivity contribution in [1.82, 2.24) is 5.32 Å². The van der Waals surface area contributed by atoms with E-state index in [1.165, 1.54) is 12.1 Å². The number of carbonyl (C=O) groups excluding carboxylic acids is 1. The maximum absolute atomic E-state index is 13.2. The minimum Gasteiger partial charge on any atom is -0.348 e. The van der Waals surface area contributed by atoms with Crippen LogP contribution in [0.3, 0.4) is 0 Å². The molecule has 15 heavy (non-hydrogen) atoms. The highest BCUT2D eigenvalue weighted by Gasteiger charge is 2.13. The van der Waals surface area contributed by atoms with E-state index >= 15 is 0 Å². The summed E-state index contributed by atoms with van der Waals surface area (Å²) < 4.78 is 13.2. The van der Waals surface area contributed by atoms with Crippen LogP contribution in [0.4, 0.5) is 4.39 Å². The first-order chi connectivity index (χ1) is 7.06. The van der Waals surface area contributed by atoms with E-state index in [0.717, 1.165) is 0 Å². The van der Waals surface area contributed by atoms with Crippen LogP contribution in [0, 0.1) is 12.7 Å². The van der Waals surface area contributed by atoms with Crippen LogP contribution in [-0.4, -0.2) is 17.8 Å². The molecule has 1 aromatic carbocycles. The van der Waals surface area contributed by atoms with E-state index < -0.39 is 0 Å². The molecule has 1 rings (SSSR count). The van der Waals surface area contributed by atoms with E-state index in [2.05, 4.69) is 5.32 Å². The summed E-state index contributed by atoms with van der Waals surface area (Å²) in [6.45, 7) is 3.37. The van der Waals surface area contributed by atoms with Crippen molar-refractivity contribution in [2.24, 2.45) is 0 Å². The third-order valence-corrected chi connectivity index (χ3v) is 2.58. The van der Waals surface area contributed by atoms with E-state index in [1.807, 2.05) is 0 Å². The highest BCUT2D eigenvalue weighted by Crippen LogP contribution is 2.12. The lowest BCUT2D eigenvalue weighted by Crippen LogP contribution is -2.34. The number of halogens is 2. The van der Waals surface area contributed by atoms with Gasteiger partial charge in [-0.05, 0) is 31.5 Å². The number of hydrogen-bond acceptors (Lipinski definition) is 1. The van der Waals surface area contributed by atoms with E-state index in [4.69, 9.17) is 11.6 Å². The van der Waals surface area contributed by atoms with Crippen molar-refractivity contribution in [3.63, 3.8) is 0 Å². The van der Waals surface area contributed by atoms with Gasteiger partial charge in [0, 0.05) is 17.5 Å².